The summed E-state index contributed by atoms with van der Waals surface area (Å²) in [5.41, 5.74) is 47.7. The Kier molecular flexibility index (Phi) is 14.1. The third-order valence-corrected chi connectivity index (χ3v) is 24.1. The van der Waals surface area contributed by atoms with Crippen molar-refractivity contribution in [1.29, 1.82) is 0 Å². The van der Waals surface area contributed by atoms with Crippen LogP contribution >= 0.6 is 0 Å². The Morgan fingerprint density at radius 1 is 0.259 bits per heavy atom. The van der Waals surface area contributed by atoms with Gasteiger partial charge in [-0.05, 0) is 104 Å². The molecule has 1 aromatic heterocycles. The number of rotatable bonds is 4. The van der Waals surface area contributed by atoms with E-state index >= 15 is 0 Å². The summed E-state index contributed by atoms with van der Waals surface area (Å²) in [6, 6.07) is 0. The first-order chi connectivity index (χ1) is 39.8. The molecule has 374 valence electrons. The summed E-state index contributed by atoms with van der Waals surface area (Å²) in [5, 5.41) is 22.0. The van der Waals surface area contributed by atoms with Gasteiger partial charge in [0.05, 0.1) is 0 Å². The monoisotopic (exact) mass is 1060 g/mol. The van der Waals surface area contributed by atoms with Gasteiger partial charge in [0, 0.05) is 21.5 Å². The molecule has 12 aromatic rings. The lowest BCUT2D eigenvalue weighted by molar-refractivity contribution is 0.578. The van der Waals surface area contributed by atoms with Gasteiger partial charge in [-0.2, -0.15) is 0 Å². The summed E-state index contributed by atoms with van der Waals surface area (Å²) in [6.07, 6.45) is 7.20. The Bertz CT molecular complexity index is 5390. The zero-order valence-electron chi connectivity index (χ0n) is 57.2. The van der Waals surface area contributed by atoms with E-state index in [1.165, 1.54) is 262 Å². The predicted octanol–water partition coefficient (Wildman–Crippen LogP) is -35.9. The van der Waals surface area contributed by atoms with Crippen LogP contribution in [0.1, 0.15) is 5.56 Å². The van der Waals surface area contributed by atoms with Crippen LogP contribution in [0.3, 0.4) is 0 Å². The maximum Gasteiger partial charge on any atom is 0.155 e. The van der Waals surface area contributed by atoms with Crippen LogP contribution in [0.4, 0.5) is 0 Å². The van der Waals surface area contributed by atoms with E-state index in [0.717, 1.165) is 21.7 Å². The highest BCUT2D eigenvalue weighted by molar-refractivity contribution is 6.79. The maximum absolute atomic E-state index is 7.37. The second-order valence-electron chi connectivity index (χ2n) is 27.3. The van der Waals surface area contributed by atoms with E-state index in [9.17, 15) is 0 Å². The lowest BCUT2D eigenvalue weighted by atomic mass is 9.56. The third kappa shape index (κ3) is 7.44. The average molecular weight is 1050 g/mol. The Labute approximate surface area is 530 Å². The molecule has 0 fully saturated rings. The minimum Gasteiger partial charge on any atom is -0.455 e. The van der Waals surface area contributed by atoms with Gasteiger partial charge in [-0.15, -0.1) is 28.3 Å². The standard InChI is InChI=1S/C55H61B29O/c1-2-5(56)54-8(25-48(79)42(73)24-26(55(25)85-54)49(80)53(84)52(83)47(24)78)6(57)3-4-7(13-14-9-11-19(36(67)30(14)61)43(74)50(81)45(76)21(11)40(71)38(69)17(9)34(65)29(13)60)28(59)23(33(64)27(4)58)16-15-10-12-20(37(68)31(15)62)44(75)51(82)46(77)22(12)41(72)39(70)18(10)35(66)32(16)63/h1H,3,56-84H2/b8-6+,54-5-. The van der Waals surface area contributed by atoms with Gasteiger partial charge in [-0.1, -0.05) is 137 Å². The molecule has 0 bridgehead atoms. The second kappa shape index (κ2) is 20.0. The third-order valence-electron chi connectivity index (χ3n) is 24.1. The molecule has 0 spiro atoms. The first kappa shape index (κ1) is 59.8. The van der Waals surface area contributed by atoms with Crippen molar-refractivity contribution in [2.45, 2.75) is 6.42 Å². The van der Waals surface area contributed by atoms with Crippen molar-refractivity contribution >= 4 is 472 Å². The molecule has 0 atom stereocenters. The van der Waals surface area contributed by atoms with E-state index in [-0.39, 0.29) is 0 Å². The molecule has 1 nitrogen and oxygen atoms in total. The fraction of sp³-hybridized carbons (Fsp3) is 0.0182. The highest BCUT2D eigenvalue weighted by Gasteiger charge is 2.32. The lowest BCUT2D eigenvalue weighted by Gasteiger charge is -2.33. The maximum atomic E-state index is 7.37. The van der Waals surface area contributed by atoms with E-state index < -0.39 is 0 Å². The lowest BCUT2D eigenvalue weighted by Crippen LogP contribution is -2.50. The Morgan fingerprint density at radius 3 is 0.882 bits per heavy atom. The minimum absolute atomic E-state index is 0.711. The summed E-state index contributed by atoms with van der Waals surface area (Å²) in [6.45, 7) is 0. The van der Waals surface area contributed by atoms with Gasteiger partial charge in [0.25, 0.3) is 0 Å². The van der Waals surface area contributed by atoms with Gasteiger partial charge in [0.1, 0.15) is 231 Å². The molecule has 0 saturated heterocycles. The van der Waals surface area contributed by atoms with E-state index in [4.69, 9.17) is 10.8 Å². The van der Waals surface area contributed by atoms with E-state index in [1.807, 2.05) is 0 Å². The number of fused-ring (bicyclic) bond motifs is 3. The number of terminal acetylenes is 1. The van der Waals surface area contributed by atoms with E-state index in [0.29, 0.717) is 6.42 Å². The topological polar surface area (TPSA) is 13.1 Å². The van der Waals surface area contributed by atoms with Gasteiger partial charge < -0.3 is 4.42 Å². The molecule has 30 heteroatoms. The molecule has 0 amide bonds. The highest BCUT2D eigenvalue weighted by atomic mass is 16.3. The molecule has 11 aromatic carbocycles. The van der Waals surface area contributed by atoms with E-state index in [1.54, 1.807) is 0 Å². The quantitative estimate of drug-likeness (QED) is 0.0973. The van der Waals surface area contributed by atoms with Gasteiger partial charge in [0.2, 0.25) is 0 Å². The zero-order valence-corrected chi connectivity index (χ0v) is 57.2. The van der Waals surface area contributed by atoms with Crippen LogP contribution in [-0.2, 0) is 6.42 Å². The minimum atomic E-state index is 0.711. The summed E-state index contributed by atoms with van der Waals surface area (Å²) < 4.78 is 7.37. The van der Waals surface area contributed by atoms with Crippen molar-refractivity contribution in [3.05, 3.63) is 16.2 Å². The van der Waals surface area contributed by atoms with Crippen molar-refractivity contribution in [2.75, 3.05) is 0 Å². The zero-order chi connectivity index (χ0) is 62.1. The predicted molar refractivity (Wildman–Crippen MR) is 475 cm³/mol. The average Bonchev–Trinajstić information content (AvgIpc) is 2.38. The highest BCUT2D eigenvalue weighted by Crippen LogP contribution is 2.38. The van der Waals surface area contributed by atoms with Crippen molar-refractivity contribution in [3.63, 3.8) is 0 Å². The summed E-state index contributed by atoms with van der Waals surface area (Å²) >= 11 is 0. The second-order valence-corrected chi connectivity index (χ2v) is 27.3. The number of furan rings is 1. The van der Waals surface area contributed by atoms with Gasteiger partial charge >= 0.3 is 0 Å². The van der Waals surface area contributed by atoms with E-state index in [2.05, 4.69) is 233 Å². The largest absolute Gasteiger partial charge is 0.455 e. The SMILES string of the molecule is B/C(Cc1c(B)c(B)c(-c2c(B)c(B)c3c(B)c(B)c4c(B)c(B)c(B)c5c(B)c(B)c2c3c45)c(B)c1-c1c(B)c(B)c2c(B)c(B)c3c(B)c(B)c(B)c4c(B)c(B)c1c2c34)=c1/c(=C(/B)C#C)oc2c1c(B)c(B)c1c(B)c(B)c(B)c(B)c12. The molecule has 12 rings (SSSR count). The molecule has 0 aliphatic carbocycles. The fourth-order valence-corrected chi connectivity index (χ4v) is 17.7. The molecule has 0 unspecified atom stereocenters. The summed E-state index contributed by atoms with van der Waals surface area (Å²) in [7, 11) is 68.8. The van der Waals surface area contributed by atoms with Crippen LogP contribution in [0.15, 0.2) is 4.42 Å². The fourth-order valence-electron chi connectivity index (χ4n) is 17.7. The molecule has 85 heavy (non-hydrogen) atoms. The molecule has 0 aliphatic heterocycles. The molecule has 0 radical (unpaired) electrons. The molecule has 0 saturated carbocycles. The molecule has 0 N–H and O–H groups in total. The van der Waals surface area contributed by atoms with Crippen LogP contribution in [0, 0.1) is 12.3 Å². The van der Waals surface area contributed by atoms with Gasteiger partial charge in [-0.25, -0.2) is 0 Å². The van der Waals surface area contributed by atoms with Crippen LogP contribution in [-0.4, -0.2) is 228 Å². The van der Waals surface area contributed by atoms with Gasteiger partial charge in [0.15, 0.2) is 7.85 Å². The Morgan fingerprint density at radius 2 is 0.518 bits per heavy atom. The first-order valence-electron chi connectivity index (χ1n) is 31.4. The molecule has 1 heterocycles. The number of hydrogen-bond donors (Lipinski definition) is 0. The van der Waals surface area contributed by atoms with Crippen molar-refractivity contribution in [1.82, 2.24) is 0 Å². The van der Waals surface area contributed by atoms with Crippen LogP contribution < -0.4 is 158 Å². The van der Waals surface area contributed by atoms with Crippen LogP contribution in [0.25, 0.3) is 120 Å². The normalized spacial score (nSPS) is 12.8. The Hall–Kier alpha value is -5.52. The van der Waals surface area contributed by atoms with Gasteiger partial charge in [-0.3, -0.25) is 0 Å². The number of hydrogen-bond acceptors (Lipinski definition) is 1. The van der Waals surface area contributed by atoms with Crippen molar-refractivity contribution < 1.29 is 4.42 Å². The molecule has 0 aliphatic rings. The van der Waals surface area contributed by atoms with Crippen molar-refractivity contribution in [3.8, 4) is 34.6 Å². The summed E-state index contributed by atoms with van der Waals surface area (Å²) in [4.78, 5) is 0. The molecular weight excluding hydrogens is 990 g/mol. The first-order valence-corrected chi connectivity index (χ1v) is 31.4. The van der Waals surface area contributed by atoms with Crippen LogP contribution in [0.5, 0.6) is 0 Å². The number of benzene rings is 11. The smallest absolute Gasteiger partial charge is 0.155 e. The molecular formula is C55H61B29O. The van der Waals surface area contributed by atoms with Crippen LogP contribution in [0.2, 0.25) is 0 Å². The Balaban J connectivity index is 1.35. The summed E-state index contributed by atoms with van der Waals surface area (Å²) in [5.74, 6) is 3.09. The van der Waals surface area contributed by atoms with Crippen molar-refractivity contribution in [2.24, 2.45) is 0 Å².